The van der Waals surface area contributed by atoms with Gasteiger partial charge in [-0.2, -0.15) is 10.4 Å². The van der Waals surface area contributed by atoms with Crippen molar-refractivity contribution in [3.05, 3.63) is 95.4 Å². The molecule has 4 atom stereocenters. The van der Waals surface area contributed by atoms with E-state index in [1.54, 1.807) is 6.07 Å². The Labute approximate surface area is 231 Å². The van der Waals surface area contributed by atoms with Crippen molar-refractivity contribution < 1.29 is 37.7 Å². The number of nitrogens with two attached hydrogens (primary N) is 1. The maximum atomic E-state index is 14.3. The van der Waals surface area contributed by atoms with E-state index in [0.717, 1.165) is 6.33 Å². The highest BCUT2D eigenvalue weighted by molar-refractivity contribution is 5.74. The Morgan fingerprint density at radius 3 is 2.22 bits per heavy atom. The molecule has 3 heterocycles. The van der Waals surface area contributed by atoms with Crippen molar-refractivity contribution in [1.82, 2.24) is 14.6 Å². The number of nitrogens with zero attached hydrogens (tertiary/aromatic N) is 4. The summed E-state index contributed by atoms with van der Waals surface area (Å²) < 4.78 is 47.0. The van der Waals surface area contributed by atoms with Gasteiger partial charge in [-0.05, 0) is 35.4 Å². The Morgan fingerprint density at radius 1 is 1.02 bits per heavy atom. The Hall–Kier alpha value is -4.93. The topological polar surface area (TPSA) is 162 Å². The van der Waals surface area contributed by atoms with Gasteiger partial charge in [0.1, 0.15) is 35.7 Å². The van der Waals surface area contributed by atoms with Crippen LogP contribution in [0.4, 0.5) is 14.6 Å². The van der Waals surface area contributed by atoms with Crippen LogP contribution in [0.1, 0.15) is 16.8 Å². The van der Waals surface area contributed by atoms with Crippen molar-refractivity contribution in [2.24, 2.45) is 0 Å². The summed E-state index contributed by atoms with van der Waals surface area (Å²) in [5, 5.41) is 24.8. The maximum Gasteiger partial charge on any atom is 0.310 e. The second-order valence-electron chi connectivity index (χ2n) is 9.25. The summed E-state index contributed by atoms with van der Waals surface area (Å²) in [4.78, 5) is 30.0. The second kappa shape index (κ2) is 11.3. The van der Waals surface area contributed by atoms with Crippen LogP contribution < -0.4 is 5.73 Å². The van der Waals surface area contributed by atoms with Crippen LogP contribution in [0.3, 0.4) is 0 Å². The molecule has 0 saturated carbocycles. The van der Waals surface area contributed by atoms with Crippen molar-refractivity contribution in [1.29, 1.82) is 5.26 Å². The molecule has 4 aromatic rings. The van der Waals surface area contributed by atoms with Crippen molar-refractivity contribution in [2.75, 3.05) is 12.3 Å². The number of halogens is 2. The fourth-order valence-corrected chi connectivity index (χ4v) is 4.79. The molecule has 13 heteroatoms. The summed E-state index contributed by atoms with van der Waals surface area (Å²) in [6, 6.07) is 16.1. The number of carbonyl (C=O) groups excluding carboxylic acids is 2. The molecule has 0 aliphatic carbocycles. The lowest BCUT2D eigenvalue weighted by Crippen LogP contribution is -2.46. The lowest BCUT2D eigenvalue weighted by Gasteiger charge is -2.28. The van der Waals surface area contributed by atoms with Crippen LogP contribution in [-0.2, 0) is 42.2 Å². The first-order valence-corrected chi connectivity index (χ1v) is 12.4. The van der Waals surface area contributed by atoms with Crippen molar-refractivity contribution >= 4 is 23.3 Å². The predicted octanol–water partition coefficient (Wildman–Crippen LogP) is 2.01. The number of aromatic nitrogens is 3. The molecule has 1 aliphatic heterocycles. The number of ether oxygens (including phenoxy) is 3. The molecule has 0 spiro atoms. The molecule has 3 N–H and O–H groups in total. The minimum absolute atomic E-state index is 0.0272. The van der Waals surface area contributed by atoms with Gasteiger partial charge in [0.2, 0.25) is 5.60 Å². The third-order valence-corrected chi connectivity index (χ3v) is 6.72. The number of anilines is 1. The third kappa shape index (κ3) is 5.18. The molecule has 1 fully saturated rings. The zero-order valence-electron chi connectivity index (χ0n) is 21.3. The van der Waals surface area contributed by atoms with Crippen LogP contribution in [0.15, 0.2) is 67.0 Å². The molecule has 41 heavy (non-hydrogen) atoms. The molecular formula is C28H23F2N5O6. The summed E-state index contributed by atoms with van der Waals surface area (Å²) in [7, 11) is 0. The van der Waals surface area contributed by atoms with Crippen LogP contribution in [0.2, 0.25) is 0 Å². The first kappa shape index (κ1) is 27.6. The average molecular weight is 564 g/mol. The van der Waals surface area contributed by atoms with Gasteiger partial charge >= 0.3 is 11.9 Å². The smallest absolute Gasteiger partial charge is 0.310 e. The quantitative estimate of drug-likeness (QED) is 0.303. The SMILES string of the molecule is N#C[C@@]1(c2ccc3c(N)ncnn23)O[C@H](CO)[C@@H](OC(=O)Cc2ccccc2F)[C@H]1OC(=O)Cc1ccccc1F. The molecule has 2 aromatic carbocycles. The van der Waals surface area contributed by atoms with E-state index in [-0.39, 0.29) is 22.6 Å². The normalized spacial score (nSPS) is 21.9. The fraction of sp³-hybridized carbons (Fsp3) is 0.250. The van der Waals surface area contributed by atoms with E-state index in [0.29, 0.717) is 5.52 Å². The number of hydrogen-bond donors (Lipinski definition) is 2. The van der Waals surface area contributed by atoms with E-state index < -0.39 is 66.9 Å². The number of aliphatic hydroxyl groups is 1. The molecular weight excluding hydrogens is 540 g/mol. The van der Waals surface area contributed by atoms with Gasteiger partial charge in [-0.25, -0.2) is 18.3 Å². The molecule has 0 radical (unpaired) electrons. The molecule has 1 saturated heterocycles. The first-order valence-electron chi connectivity index (χ1n) is 12.4. The number of hydrogen-bond acceptors (Lipinski definition) is 10. The minimum atomic E-state index is -2.17. The highest BCUT2D eigenvalue weighted by Gasteiger charge is 2.62. The van der Waals surface area contributed by atoms with E-state index >= 15 is 0 Å². The van der Waals surface area contributed by atoms with E-state index in [2.05, 4.69) is 10.1 Å². The van der Waals surface area contributed by atoms with Crippen molar-refractivity contribution in [3.63, 3.8) is 0 Å². The largest absolute Gasteiger partial charge is 0.455 e. The summed E-state index contributed by atoms with van der Waals surface area (Å²) in [6.07, 6.45) is -4.41. The molecule has 210 valence electrons. The highest BCUT2D eigenvalue weighted by Crippen LogP contribution is 2.43. The van der Waals surface area contributed by atoms with Gasteiger partial charge in [0.25, 0.3) is 0 Å². The number of nitriles is 1. The number of benzene rings is 2. The number of esters is 2. The van der Waals surface area contributed by atoms with E-state index in [4.69, 9.17) is 19.9 Å². The number of nitrogen functional groups attached to an aromatic ring is 1. The number of rotatable bonds is 8. The maximum absolute atomic E-state index is 14.3. The van der Waals surface area contributed by atoms with E-state index in [1.165, 1.54) is 59.1 Å². The molecule has 1 aliphatic rings. The molecule has 11 nitrogen and oxygen atoms in total. The Kier molecular flexibility index (Phi) is 7.60. The lowest BCUT2D eigenvalue weighted by atomic mass is 9.92. The third-order valence-electron chi connectivity index (χ3n) is 6.72. The van der Waals surface area contributed by atoms with Gasteiger partial charge in [-0.3, -0.25) is 9.59 Å². The predicted molar refractivity (Wildman–Crippen MR) is 137 cm³/mol. The number of aliphatic hydroxyl groups excluding tert-OH is 1. The Bertz CT molecular complexity index is 1660. The van der Waals surface area contributed by atoms with Gasteiger partial charge < -0.3 is 25.1 Å². The van der Waals surface area contributed by atoms with Crippen molar-refractivity contribution in [3.8, 4) is 6.07 Å². The Morgan fingerprint density at radius 2 is 1.63 bits per heavy atom. The van der Waals surface area contributed by atoms with Gasteiger partial charge in [0.15, 0.2) is 18.0 Å². The summed E-state index contributed by atoms with van der Waals surface area (Å²) in [5.74, 6) is -3.10. The monoisotopic (exact) mass is 563 g/mol. The van der Waals surface area contributed by atoms with Crippen LogP contribution in [-0.4, -0.2) is 56.6 Å². The zero-order valence-corrected chi connectivity index (χ0v) is 21.3. The van der Waals surface area contributed by atoms with Crippen LogP contribution in [0, 0.1) is 23.0 Å². The molecule has 0 amide bonds. The molecule has 0 bridgehead atoms. The fourth-order valence-electron chi connectivity index (χ4n) is 4.79. The highest BCUT2D eigenvalue weighted by atomic mass is 19.1. The van der Waals surface area contributed by atoms with E-state index in [1.807, 2.05) is 6.07 Å². The Balaban J connectivity index is 1.54. The number of carbonyl (C=O) groups is 2. The first-order chi connectivity index (χ1) is 19.8. The zero-order chi connectivity index (χ0) is 29.1. The number of fused-ring (bicyclic) bond motifs is 1. The molecule has 5 rings (SSSR count). The second-order valence-corrected chi connectivity index (χ2v) is 9.25. The van der Waals surface area contributed by atoms with Gasteiger partial charge in [-0.1, -0.05) is 36.4 Å². The standard InChI is InChI=1S/C28H23F2N5O6/c29-18-7-3-1-5-16(18)11-23(37)39-25-21(13-36)41-28(14-31,22-10-9-20-27(32)33-15-34-35(20)22)26(25)40-24(38)12-17-6-2-4-8-19(17)30/h1-10,15,21,25-26,36H,11-13H2,(H2,32,33,34)/t21-,25-,26-,28+/m1/s1. The van der Waals surface area contributed by atoms with Gasteiger partial charge in [-0.15, -0.1) is 0 Å². The van der Waals surface area contributed by atoms with Crippen molar-refractivity contribution in [2.45, 2.75) is 36.8 Å². The molecule has 0 unspecified atom stereocenters. The summed E-state index contributed by atoms with van der Waals surface area (Å²) >= 11 is 0. The summed E-state index contributed by atoms with van der Waals surface area (Å²) in [5.41, 5.74) is 4.19. The van der Waals surface area contributed by atoms with Crippen LogP contribution in [0.5, 0.6) is 0 Å². The van der Waals surface area contributed by atoms with Crippen LogP contribution >= 0.6 is 0 Å². The minimum Gasteiger partial charge on any atom is -0.455 e. The molecule has 2 aromatic heterocycles. The van der Waals surface area contributed by atoms with E-state index in [9.17, 15) is 28.7 Å². The average Bonchev–Trinajstić information content (AvgIpc) is 3.52. The lowest BCUT2D eigenvalue weighted by molar-refractivity contribution is -0.168. The summed E-state index contributed by atoms with van der Waals surface area (Å²) in [6.45, 7) is -0.747. The van der Waals surface area contributed by atoms with Gasteiger partial charge in [0.05, 0.1) is 25.1 Å². The van der Waals surface area contributed by atoms with Gasteiger partial charge in [0, 0.05) is 0 Å². The van der Waals surface area contributed by atoms with Crippen LogP contribution in [0.25, 0.3) is 5.52 Å².